The van der Waals surface area contributed by atoms with Gasteiger partial charge in [-0.25, -0.2) is 9.67 Å². The fraction of sp³-hybridized carbons (Fsp3) is 0.579. The Hall–Kier alpha value is -2.28. The predicted molar refractivity (Wildman–Crippen MR) is 94.1 cm³/mol. The van der Waals surface area contributed by atoms with Crippen molar-refractivity contribution in [3.05, 3.63) is 35.5 Å². The molecule has 1 amide bonds. The van der Waals surface area contributed by atoms with Gasteiger partial charge < -0.3 is 10.4 Å². The number of aliphatic hydroxyl groups is 1. The molecule has 136 valence electrons. The molecule has 5 rings (SSSR count). The monoisotopic (exact) mass is 353 g/mol. The Labute approximate surface area is 151 Å². The SMILES string of the molecule is O=C(NC1(CO)CCCCC1)c1nn(-c2cnccn2)c2c1C[C@H]1C[C@@H]21. The van der Waals surface area contributed by atoms with E-state index in [2.05, 4.69) is 20.4 Å². The summed E-state index contributed by atoms with van der Waals surface area (Å²) in [6.07, 6.45) is 11.9. The third kappa shape index (κ3) is 2.45. The Morgan fingerprint density at radius 1 is 1.31 bits per heavy atom. The normalized spacial score (nSPS) is 25.4. The number of carbonyl (C=O) groups excluding carboxylic acids is 1. The first-order chi connectivity index (χ1) is 12.7. The van der Waals surface area contributed by atoms with Gasteiger partial charge in [0.15, 0.2) is 11.5 Å². The van der Waals surface area contributed by atoms with Crippen LogP contribution in [0.1, 0.15) is 66.2 Å². The van der Waals surface area contributed by atoms with Crippen molar-refractivity contribution in [3.63, 3.8) is 0 Å². The number of amides is 1. The maximum atomic E-state index is 13.1. The topological polar surface area (TPSA) is 92.9 Å². The van der Waals surface area contributed by atoms with Gasteiger partial charge in [0.25, 0.3) is 5.91 Å². The van der Waals surface area contributed by atoms with Crippen molar-refractivity contribution >= 4 is 5.91 Å². The minimum atomic E-state index is -0.500. The predicted octanol–water partition coefficient (Wildman–Crippen LogP) is 1.75. The van der Waals surface area contributed by atoms with Crippen LogP contribution in [0.4, 0.5) is 0 Å². The average Bonchev–Trinajstić information content (AvgIpc) is 3.18. The number of nitrogens with one attached hydrogen (secondary N) is 1. The lowest BCUT2D eigenvalue weighted by Gasteiger charge is -2.36. The molecule has 2 saturated carbocycles. The highest BCUT2D eigenvalue weighted by Crippen LogP contribution is 2.57. The highest BCUT2D eigenvalue weighted by Gasteiger charge is 2.50. The summed E-state index contributed by atoms with van der Waals surface area (Å²) >= 11 is 0. The number of carbonyl (C=O) groups is 1. The first-order valence-electron chi connectivity index (χ1n) is 9.52. The van der Waals surface area contributed by atoms with Crippen LogP contribution in [-0.2, 0) is 6.42 Å². The molecule has 7 heteroatoms. The molecule has 3 aliphatic rings. The molecule has 2 N–H and O–H groups in total. The van der Waals surface area contributed by atoms with E-state index in [-0.39, 0.29) is 12.5 Å². The van der Waals surface area contributed by atoms with Crippen LogP contribution in [0, 0.1) is 5.92 Å². The molecule has 0 saturated heterocycles. The van der Waals surface area contributed by atoms with Crippen LogP contribution in [0.15, 0.2) is 18.6 Å². The fourth-order valence-electron chi connectivity index (χ4n) is 4.72. The van der Waals surface area contributed by atoms with Crippen molar-refractivity contribution in [2.24, 2.45) is 5.92 Å². The number of aromatic nitrogens is 4. The zero-order chi connectivity index (χ0) is 17.7. The number of rotatable bonds is 4. The van der Waals surface area contributed by atoms with E-state index in [1.807, 2.05) is 0 Å². The minimum Gasteiger partial charge on any atom is -0.394 e. The Morgan fingerprint density at radius 2 is 2.15 bits per heavy atom. The lowest BCUT2D eigenvalue weighted by molar-refractivity contribution is 0.0752. The average molecular weight is 353 g/mol. The molecule has 0 unspecified atom stereocenters. The zero-order valence-electron chi connectivity index (χ0n) is 14.7. The molecule has 7 nitrogen and oxygen atoms in total. The smallest absolute Gasteiger partial charge is 0.272 e. The molecule has 0 bridgehead atoms. The first kappa shape index (κ1) is 15.9. The van der Waals surface area contributed by atoms with E-state index in [1.54, 1.807) is 23.3 Å². The third-order valence-electron chi connectivity index (χ3n) is 6.24. The van der Waals surface area contributed by atoms with Crippen molar-refractivity contribution < 1.29 is 9.90 Å². The number of hydrogen-bond donors (Lipinski definition) is 2. The summed E-state index contributed by atoms with van der Waals surface area (Å²) in [7, 11) is 0. The molecule has 2 atom stereocenters. The van der Waals surface area contributed by atoms with Crippen LogP contribution in [0.5, 0.6) is 0 Å². The van der Waals surface area contributed by atoms with Crippen LogP contribution in [0.3, 0.4) is 0 Å². The van der Waals surface area contributed by atoms with Gasteiger partial charge >= 0.3 is 0 Å². The second-order valence-electron chi connectivity index (χ2n) is 7.95. The standard InChI is InChI=1S/C19H23N5O2/c25-11-19(4-2-1-3-5-19)22-18(26)16-14-9-12-8-13(12)17(14)24(23-16)15-10-20-6-7-21-15/h6-7,10,12-13,25H,1-5,8-9,11H2,(H,22,26)/t12-,13-/m1/s1. The van der Waals surface area contributed by atoms with Crippen LogP contribution in [0.25, 0.3) is 5.82 Å². The molecule has 3 aliphatic carbocycles. The van der Waals surface area contributed by atoms with E-state index >= 15 is 0 Å². The van der Waals surface area contributed by atoms with Crippen LogP contribution >= 0.6 is 0 Å². The van der Waals surface area contributed by atoms with Crippen molar-refractivity contribution in [2.45, 2.75) is 56.4 Å². The van der Waals surface area contributed by atoms with Gasteiger partial charge in [0.05, 0.1) is 24.0 Å². The summed E-state index contributed by atoms with van der Waals surface area (Å²) in [5.41, 5.74) is 2.18. The van der Waals surface area contributed by atoms with Gasteiger partial charge in [0.1, 0.15) is 0 Å². The summed E-state index contributed by atoms with van der Waals surface area (Å²) in [5, 5.41) is 17.7. The molecule has 0 spiro atoms. The van der Waals surface area contributed by atoms with Crippen molar-refractivity contribution in [1.29, 1.82) is 0 Å². The molecule has 2 aromatic rings. The Morgan fingerprint density at radius 3 is 2.88 bits per heavy atom. The van der Waals surface area contributed by atoms with E-state index < -0.39 is 5.54 Å². The van der Waals surface area contributed by atoms with Crippen molar-refractivity contribution in [1.82, 2.24) is 25.1 Å². The highest BCUT2D eigenvalue weighted by molar-refractivity contribution is 5.95. The lowest BCUT2D eigenvalue weighted by atomic mass is 9.82. The molecule has 0 aromatic carbocycles. The molecule has 2 heterocycles. The summed E-state index contributed by atoms with van der Waals surface area (Å²) in [6, 6.07) is 0. The Bertz CT molecular complexity index is 841. The molecule has 0 aliphatic heterocycles. The zero-order valence-corrected chi connectivity index (χ0v) is 14.7. The molecule has 2 fully saturated rings. The maximum absolute atomic E-state index is 13.1. The third-order valence-corrected chi connectivity index (χ3v) is 6.24. The first-order valence-corrected chi connectivity index (χ1v) is 9.52. The van der Waals surface area contributed by atoms with Gasteiger partial charge in [-0.2, -0.15) is 5.10 Å². The van der Waals surface area contributed by atoms with Crippen molar-refractivity contribution in [3.8, 4) is 5.82 Å². The quantitative estimate of drug-likeness (QED) is 0.873. The van der Waals surface area contributed by atoms with E-state index in [0.29, 0.717) is 23.3 Å². The van der Waals surface area contributed by atoms with Gasteiger partial charge in [0, 0.05) is 23.9 Å². The number of nitrogens with zero attached hydrogens (tertiary/aromatic N) is 4. The Balaban J connectivity index is 1.50. The largest absolute Gasteiger partial charge is 0.394 e. The molecule has 0 radical (unpaired) electrons. The van der Waals surface area contributed by atoms with Crippen LogP contribution < -0.4 is 5.32 Å². The molecular formula is C19H23N5O2. The number of hydrogen-bond acceptors (Lipinski definition) is 5. The molecular weight excluding hydrogens is 330 g/mol. The second-order valence-corrected chi connectivity index (χ2v) is 7.95. The van der Waals surface area contributed by atoms with E-state index in [0.717, 1.165) is 49.8 Å². The van der Waals surface area contributed by atoms with Gasteiger partial charge in [-0.1, -0.05) is 19.3 Å². The molecule has 26 heavy (non-hydrogen) atoms. The van der Waals surface area contributed by atoms with E-state index in [9.17, 15) is 9.90 Å². The summed E-state index contributed by atoms with van der Waals surface area (Å²) in [6.45, 7) is -0.0168. The Kier molecular flexibility index (Phi) is 3.60. The molecule has 2 aromatic heterocycles. The van der Waals surface area contributed by atoms with Crippen LogP contribution in [-0.4, -0.2) is 42.9 Å². The number of fused-ring (bicyclic) bond motifs is 3. The lowest BCUT2D eigenvalue weighted by Crippen LogP contribution is -2.52. The second kappa shape index (κ2) is 5.87. The van der Waals surface area contributed by atoms with Gasteiger partial charge in [-0.3, -0.25) is 9.78 Å². The van der Waals surface area contributed by atoms with E-state index in [4.69, 9.17) is 0 Å². The van der Waals surface area contributed by atoms with Gasteiger partial charge in [-0.05, 0) is 31.6 Å². The van der Waals surface area contributed by atoms with Gasteiger partial charge in [-0.15, -0.1) is 0 Å². The van der Waals surface area contributed by atoms with Crippen molar-refractivity contribution in [2.75, 3.05) is 6.61 Å². The maximum Gasteiger partial charge on any atom is 0.272 e. The summed E-state index contributed by atoms with van der Waals surface area (Å²) in [5.74, 6) is 1.62. The van der Waals surface area contributed by atoms with Gasteiger partial charge in [0.2, 0.25) is 0 Å². The highest BCUT2D eigenvalue weighted by atomic mass is 16.3. The van der Waals surface area contributed by atoms with Crippen LogP contribution in [0.2, 0.25) is 0 Å². The summed E-state index contributed by atoms with van der Waals surface area (Å²) < 4.78 is 1.81. The number of aliphatic hydroxyl groups excluding tert-OH is 1. The fourth-order valence-corrected chi connectivity index (χ4v) is 4.72. The summed E-state index contributed by atoms with van der Waals surface area (Å²) in [4.78, 5) is 21.6. The minimum absolute atomic E-state index is 0.0168. The van der Waals surface area contributed by atoms with E-state index in [1.165, 1.54) is 6.42 Å².